The van der Waals surface area contributed by atoms with Gasteiger partial charge in [0.2, 0.25) is 6.79 Å². The highest BCUT2D eigenvalue weighted by Gasteiger charge is 2.49. The molecule has 5 nitrogen and oxygen atoms in total. The zero-order valence-corrected chi connectivity index (χ0v) is 13.6. The molecule has 0 aromatic heterocycles. The summed E-state index contributed by atoms with van der Waals surface area (Å²) in [5.41, 5.74) is 1.99. The maximum atomic E-state index is 9.90. The first kappa shape index (κ1) is 15.0. The third kappa shape index (κ3) is 2.18. The molecule has 0 spiro atoms. The smallest absolute Gasteiger partial charge is 0.231 e. The zero-order valence-electron chi connectivity index (χ0n) is 13.6. The number of hydrogen-bond acceptors (Lipinski definition) is 5. The van der Waals surface area contributed by atoms with Gasteiger partial charge < -0.3 is 24.2 Å². The van der Waals surface area contributed by atoms with Crippen molar-refractivity contribution < 1.29 is 19.3 Å². The minimum Gasteiger partial charge on any atom is -0.454 e. The second kappa shape index (κ2) is 5.51. The number of ether oxygens (including phenoxy) is 3. The lowest BCUT2D eigenvalue weighted by molar-refractivity contribution is 0.0896. The SMILES string of the molecule is CO[C@@H]1C=C[C@]2(c3cc4c(cc3CO)OCO4)CCN(C)[C@H]2C1. The number of likely N-dealkylation sites (N-methyl/N-ethyl adjacent to an activating group) is 1. The van der Waals surface area contributed by atoms with Crippen LogP contribution in [0.4, 0.5) is 0 Å². The van der Waals surface area contributed by atoms with Crippen LogP contribution in [0.15, 0.2) is 24.3 Å². The van der Waals surface area contributed by atoms with Crippen LogP contribution in [0.2, 0.25) is 0 Å². The van der Waals surface area contributed by atoms with Crippen molar-refractivity contribution in [1.29, 1.82) is 0 Å². The summed E-state index contributed by atoms with van der Waals surface area (Å²) in [5, 5.41) is 9.90. The number of aliphatic hydroxyl groups excluding tert-OH is 1. The number of aliphatic hydroxyl groups is 1. The first-order valence-electron chi connectivity index (χ1n) is 8.14. The lowest BCUT2D eigenvalue weighted by atomic mass is 9.68. The van der Waals surface area contributed by atoms with E-state index >= 15 is 0 Å². The molecule has 5 heteroatoms. The fourth-order valence-electron chi connectivity index (χ4n) is 4.37. The van der Waals surface area contributed by atoms with Gasteiger partial charge in [-0.15, -0.1) is 0 Å². The van der Waals surface area contributed by atoms with Crippen molar-refractivity contribution in [1.82, 2.24) is 4.90 Å². The summed E-state index contributed by atoms with van der Waals surface area (Å²) < 4.78 is 16.6. The van der Waals surface area contributed by atoms with Crippen LogP contribution in [0.3, 0.4) is 0 Å². The number of benzene rings is 1. The number of likely N-dealkylation sites (tertiary alicyclic amines) is 1. The maximum Gasteiger partial charge on any atom is 0.231 e. The normalized spacial score (nSPS) is 32.3. The lowest BCUT2D eigenvalue weighted by Gasteiger charge is -2.41. The molecule has 2 heterocycles. The summed E-state index contributed by atoms with van der Waals surface area (Å²) in [6.07, 6.45) is 6.60. The molecule has 0 saturated carbocycles. The van der Waals surface area contributed by atoms with Crippen molar-refractivity contribution in [3.8, 4) is 11.5 Å². The van der Waals surface area contributed by atoms with Crippen LogP contribution in [0.5, 0.6) is 11.5 Å². The van der Waals surface area contributed by atoms with Crippen LogP contribution >= 0.6 is 0 Å². The largest absolute Gasteiger partial charge is 0.454 e. The van der Waals surface area contributed by atoms with Crippen LogP contribution in [-0.2, 0) is 16.8 Å². The van der Waals surface area contributed by atoms with Crippen LogP contribution in [0.1, 0.15) is 24.0 Å². The Bertz CT molecular complexity index is 644. The van der Waals surface area contributed by atoms with Crippen LogP contribution in [0.25, 0.3) is 0 Å². The molecule has 3 aliphatic rings. The van der Waals surface area contributed by atoms with Gasteiger partial charge in [-0.25, -0.2) is 0 Å². The Labute approximate surface area is 136 Å². The highest BCUT2D eigenvalue weighted by atomic mass is 16.7. The summed E-state index contributed by atoms with van der Waals surface area (Å²) in [6.45, 7) is 1.29. The van der Waals surface area contributed by atoms with E-state index in [1.165, 1.54) is 0 Å². The van der Waals surface area contributed by atoms with Gasteiger partial charge in [-0.1, -0.05) is 12.2 Å². The zero-order chi connectivity index (χ0) is 16.0. The van der Waals surface area contributed by atoms with E-state index in [9.17, 15) is 5.11 Å². The molecule has 23 heavy (non-hydrogen) atoms. The Morgan fingerprint density at radius 2 is 2.13 bits per heavy atom. The van der Waals surface area contributed by atoms with E-state index in [2.05, 4.69) is 30.2 Å². The molecule has 124 valence electrons. The van der Waals surface area contributed by atoms with Crippen LogP contribution in [0, 0.1) is 0 Å². The molecule has 1 aliphatic carbocycles. The molecule has 1 fully saturated rings. The molecule has 4 rings (SSSR count). The minimum absolute atomic E-state index is 0.00566. The highest BCUT2D eigenvalue weighted by molar-refractivity contribution is 5.54. The van der Waals surface area contributed by atoms with E-state index in [1.807, 2.05) is 6.07 Å². The topological polar surface area (TPSA) is 51.2 Å². The number of methoxy groups -OCH3 is 1. The fourth-order valence-corrected chi connectivity index (χ4v) is 4.37. The van der Waals surface area contributed by atoms with E-state index in [4.69, 9.17) is 14.2 Å². The Morgan fingerprint density at radius 3 is 2.87 bits per heavy atom. The summed E-state index contributed by atoms with van der Waals surface area (Å²) >= 11 is 0. The quantitative estimate of drug-likeness (QED) is 0.862. The van der Waals surface area contributed by atoms with Gasteiger partial charge in [0.1, 0.15) is 0 Å². The van der Waals surface area contributed by atoms with Gasteiger partial charge in [0, 0.05) is 18.6 Å². The monoisotopic (exact) mass is 317 g/mol. The van der Waals surface area contributed by atoms with Crippen molar-refractivity contribution in [2.75, 3.05) is 27.5 Å². The molecule has 0 amide bonds. The second-order valence-corrected chi connectivity index (χ2v) is 6.68. The Balaban J connectivity index is 1.85. The minimum atomic E-state index is -0.0944. The predicted molar refractivity (Wildman–Crippen MR) is 85.8 cm³/mol. The van der Waals surface area contributed by atoms with Crippen LogP contribution < -0.4 is 9.47 Å². The Morgan fingerprint density at radius 1 is 1.35 bits per heavy atom. The number of fused-ring (bicyclic) bond motifs is 2. The van der Waals surface area contributed by atoms with E-state index in [1.54, 1.807) is 7.11 Å². The number of nitrogens with zero attached hydrogens (tertiary/aromatic N) is 1. The van der Waals surface area contributed by atoms with Gasteiger partial charge >= 0.3 is 0 Å². The molecule has 1 N–H and O–H groups in total. The number of hydrogen-bond donors (Lipinski definition) is 1. The maximum absolute atomic E-state index is 9.90. The van der Waals surface area contributed by atoms with Gasteiger partial charge in [-0.05, 0) is 49.7 Å². The standard InChI is InChI=1S/C18H23NO4/c1-19-6-5-18(4-3-13(21-2)8-17(18)19)14-9-16-15(22-11-23-16)7-12(14)10-20/h3-4,7,9,13,17,20H,5-6,8,10-11H2,1-2H3/t13-,17+,18-/m1/s1. The predicted octanol–water partition coefficient (Wildman–Crippen LogP) is 1.82. The van der Waals surface area contributed by atoms with Gasteiger partial charge in [0.15, 0.2) is 11.5 Å². The molecular formula is C18H23NO4. The molecule has 1 saturated heterocycles. The average molecular weight is 317 g/mol. The Hall–Kier alpha value is -1.56. The van der Waals surface area contributed by atoms with Crippen molar-refractivity contribution in [3.63, 3.8) is 0 Å². The van der Waals surface area contributed by atoms with Crippen molar-refractivity contribution in [3.05, 3.63) is 35.4 Å². The molecular weight excluding hydrogens is 294 g/mol. The third-order valence-electron chi connectivity index (χ3n) is 5.64. The summed E-state index contributed by atoms with van der Waals surface area (Å²) in [4.78, 5) is 2.40. The van der Waals surface area contributed by atoms with E-state index in [0.29, 0.717) is 6.04 Å². The van der Waals surface area contributed by atoms with Crippen molar-refractivity contribution in [2.45, 2.75) is 37.0 Å². The van der Waals surface area contributed by atoms with E-state index in [-0.39, 0.29) is 24.9 Å². The van der Waals surface area contributed by atoms with E-state index in [0.717, 1.165) is 42.0 Å². The van der Waals surface area contributed by atoms with Gasteiger partial charge in [-0.3, -0.25) is 0 Å². The first-order valence-corrected chi connectivity index (χ1v) is 8.14. The van der Waals surface area contributed by atoms with Gasteiger partial charge in [-0.2, -0.15) is 0 Å². The second-order valence-electron chi connectivity index (χ2n) is 6.68. The highest BCUT2D eigenvalue weighted by Crippen LogP contribution is 2.49. The van der Waals surface area contributed by atoms with Gasteiger partial charge in [0.05, 0.1) is 12.7 Å². The third-order valence-corrected chi connectivity index (χ3v) is 5.64. The molecule has 1 aromatic carbocycles. The molecule has 2 aliphatic heterocycles. The molecule has 0 bridgehead atoms. The van der Waals surface area contributed by atoms with E-state index < -0.39 is 0 Å². The summed E-state index contributed by atoms with van der Waals surface area (Å²) in [7, 11) is 3.93. The molecule has 3 atom stereocenters. The summed E-state index contributed by atoms with van der Waals surface area (Å²) in [6, 6.07) is 4.36. The van der Waals surface area contributed by atoms with Crippen molar-refractivity contribution in [2.24, 2.45) is 0 Å². The Kier molecular flexibility index (Phi) is 3.59. The first-order chi connectivity index (χ1) is 11.2. The van der Waals surface area contributed by atoms with Gasteiger partial charge in [0.25, 0.3) is 0 Å². The average Bonchev–Trinajstić information content (AvgIpc) is 3.18. The van der Waals surface area contributed by atoms with Crippen LogP contribution in [-0.4, -0.2) is 49.6 Å². The van der Waals surface area contributed by atoms with Crippen molar-refractivity contribution >= 4 is 0 Å². The fraction of sp³-hybridized carbons (Fsp3) is 0.556. The molecule has 0 radical (unpaired) electrons. The molecule has 1 aromatic rings. The number of rotatable bonds is 3. The summed E-state index contributed by atoms with van der Waals surface area (Å²) in [5.74, 6) is 1.51. The lowest BCUT2D eigenvalue weighted by Crippen LogP contribution is -2.45. The molecule has 0 unspecified atom stereocenters.